The van der Waals surface area contributed by atoms with E-state index in [2.05, 4.69) is 21.5 Å². The van der Waals surface area contributed by atoms with Crippen LogP contribution in [-0.2, 0) is 10.0 Å². The first-order chi connectivity index (χ1) is 9.99. The van der Waals surface area contributed by atoms with Crippen LogP contribution in [-0.4, -0.2) is 45.5 Å². The van der Waals surface area contributed by atoms with Crippen LogP contribution >= 0.6 is 35.3 Å². The Balaban J connectivity index is 0.00000242. The maximum Gasteiger partial charge on any atom is 0.250 e. The lowest BCUT2D eigenvalue weighted by Gasteiger charge is -2.31. The number of halogens is 1. The van der Waals surface area contributed by atoms with Gasteiger partial charge in [0.25, 0.3) is 0 Å². The molecule has 1 unspecified atom stereocenters. The van der Waals surface area contributed by atoms with Crippen LogP contribution in [0.25, 0.3) is 0 Å². The molecular weight excluding hydrogens is 435 g/mol. The van der Waals surface area contributed by atoms with Crippen LogP contribution in [0.3, 0.4) is 0 Å². The molecule has 0 radical (unpaired) electrons. The van der Waals surface area contributed by atoms with Crippen molar-refractivity contribution in [1.29, 1.82) is 0 Å². The third-order valence-corrected chi connectivity index (χ3v) is 6.28. The number of piperidine rings is 1. The Morgan fingerprint density at radius 1 is 1.59 bits per heavy atom. The van der Waals surface area contributed by atoms with Crippen molar-refractivity contribution in [3.8, 4) is 0 Å². The van der Waals surface area contributed by atoms with Crippen molar-refractivity contribution in [3.05, 3.63) is 17.5 Å². The van der Waals surface area contributed by atoms with Gasteiger partial charge in [-0.15, -0.1) is 35.3 Å². The Kier molecular flexibility index (Phi) is 8.08. The summed E-state index contributed by atoms with van der Waals surface area (Å²) in [6, 6.07) is 3.30. The molecule has 0 aromatic carbocycles. The van der Waals surface area contributed by atoms with Crippen molar-refractivity contribution in [2.24, 2.45) is 16.6 Å². The van der Waals surface area contributed by atoms with Gasteiger partial charge in [0.2, 0.25) is 10.0 Å². The van der Waals surface area contributed by atoms with Gasteiger partial charge >= 0.3 is 0 Å². The van der Waals surface area contributed by atoms with Crippen LogP contribution in [0.5, 0.6) is 0 Å². The van der Waals surface area contributed by atoms with Crippen molar-refractivity contribution in [1.82, 2.24) is 9.62 Å². The number of hydrogen-bond acceptors (Lipinski definition) is 4. The van der Waals surface area contributed by atoms with Gasteiger partial charge in [0, 0.05) is 19.6 Å². The van der Waals surface area contributed by atoms with Gasteiger partial charge in [-0.25, -0.2) is 13.1 Å². The van der Waals surface area contributed by atoms with Gasteiger partial charge in [-0.1, -0.05) is 13.0 Å². The van der Waals surface area contributed by atoms with Gasteiger partial charge in [0.15, 0.2) is 5.96 Å². The second kappa shape index (κ2) is 9.04. The molecular formula is C13H23IN4O2S2. The zero-order valence-corrected chi connectivity index (χ0v) is 16.5. The van der Waals surface area contributed by atoms with E-state index < -0.39 is 10.0 Å². The maximum atomic E-state index is 11.9. The van der Waals surface area contributed by atoms with Crippen LogP contribution in [0, 0.1) is 5.92 Å². The summed E-state index contributed by atoms with van der Waals surface area (Å²) < 4.78 is 26.6. The number of aliphatic imine (C=N–C) groups is 1. The fourth-order valence-corrected chi connectivity index (χ4v) is 4.39. The molecule has 0 amide bonds. The van der Waals surface area contributed by atoms with E-state index in [1.165, 1.54) is 17.8 Å². The lowest BCUT2D eigenvalue weighted by atomic mass is 10.0. The lowest BCUT2D eigenvalue weighted by Crippen LogP contribution is -2.43. The highest BCUT2D eigenvalue weighted by atomic mass is 127. The minimum absolute atomic E-state index is 0. The van der Waals surface area contributed by atoms with Crippen molar-refractivity contribution < 1.29 is 8.42 Å². The number of likely N-dealkylation sites (tertiary alicyclic amines) is 1. The van der Waals surface area contributed by atoms with Crippen molar-refractivity contribution in [2.45, 2.75) is 24.0 Å². The van der Waals surface area contributed by atoms with Gasteiger partial charge < -0.3 is 10.6 Å². The number of rotatable bonds is 5. The summed E-state index contributed by atoms with van der Waals surface area (Å²) in [7, 11) is -3.40. The average Bonchev–Trinajstić information content (AvgIpc) is 2.98. The van der Waals surface area contributed by atoms with Gasteiger partial charge in [-0.2, -0.15) is 0 Å². The van der Waals surface area contributed by atoms with Gasteiger partial charge in [-0.05, 0) is 30.2 Å². The third kappa shape index (κ3) is 5.67. The molecule has 9 heteroatoms. The SMILES string of the molecule is CC1CCCN(C(N)=NCCNS(=O)(=O)c2cccs2)C1.I. The van der Waals surface area contributed by atoms with E-state index in [9.17, 15) is 8.42 Å². The highest BCUT2D eigenvalue weighted by molar-refractivity contribution is 14.0. The minimum atomic E-state index is -3.40. The largest absolute Gasteiger partial charge is 0.370 e. The zero-order chi connectivity index (χ0) is 15.3. The molecule has 1 aromatic heterocycles. The first-order valence-electron chi connectivity index (χ1n) is 7.07. The van der Waals surface area contributed by atoms with Crippen LogP contribution in [0.2, 0.25) is 0 Å². The van der Waals surface area contributed by atoms with Crippen LogP contribution in [0.1, 0.15) is 19.8 Å². The fraction of sp³-hybridized carbons (Fsp3) is 0.615. The fourth-order valence-electron chi connectivity index (χ4n) is 2.34. The standard InChI is InChI=1S/C13H22N4O2S2.HI/c1-11-4-2-8-17(10-11)13(14)15-6-7-16-21(18,19)12-5-3-9-20-12;/h3,5,9,11,16H,2,4,6-8,10H2,1H3,(H2,14,15);1H. The molecule has 6 nitrogen and oxygen atoms in total. The number of sulfonamides is 1. The molecule has 1 aliphatic heterocycles. The molecule has 22 heavy (non-hydrogen) atoms. The Morgan fingerprint density at radius 3 is 3.00 bits per heavy atom. The number of hydrogen-bond donors (Lipinski definition) is 2. The molecule has 1 aromatic rings. The summed E-state index contributed by atoms with van der Waals surface area (Å²) in [5.41, 5.74) is 5.96. The predicted octanol–water partition coefficient (Wildman–Crippen LogP) is 1.69. The smallest absolute Gasteiger partial charge is 0.250 e. The van der Waals surface area contributed by atoms with Crippen molar-refractivity contribution >= 4 is 51.3 Å². The molecule has 2 rings (SSSR count). The highest BCUT2D eigenvalue weighted by Gasteiger charge is 2.17. The van der Waals surface area contributed by atoms with Crippen molar-refractivity contribution in [2.75, 3.05) is 26.2 Å². The number of nitrogens with one attached hydrogen (secondary N) is 1. The molecule has 3 N–H and O–H groups in total. The highest BCUT2D eigenvalue weighted by Crippen LogP contribution is 2.15. The molecule has 1 aliphatic rings. The Bertz CT molecular complexity index is 575. The van der Waals surface area contributed by atoms with Crippen molar-refractivity contribution in [3.63, 3.8) is 0 Å². The number of thiophene rings is 1. The Morgan fingerprint density at radius 2 is 2.36 bits per heavy atom. The number of guanidine groups is 1. The first-order valence-corrected chi connectivity index (χ1v) is 9.43. The molecule has 126 valence electrons. The van der Waals surface area contributed by atoms with E-state index in [0.717, 1.165) is 19.5 Å². The van der Waals surface area contributed by atoms with Gasteiger partial charge in [0.05, 0.1) is 6.54 Å². The second-order valence-corrected chi connectivity index (χ2v) is 8.20. The third-order valence-electron chi connectivity index (χ3n) is 3.42. The molecule has 0 saturated carbocycles. The van der Waals surface area contributed by atoms with E-state index >= 15 is 0 Å². The molecule has 0 bridgehead atoms. The lowest BCUT2D eigenvalue weighted by molar-refractivity contribution is 0.270. The van der Waals surface area contributed by atoms with E-state index in [1.54, 1.807) is 17.5 Å². The summed E-state index contributed by atoms with van der Waals surface area (Å²) in [5.74, 6) is 1.14. The van der Waals surface area contributed by atoms with Gasteiger partial charge in [-0.3, -0.25) is 4.99 Å². The topological polar surface area (TPSA) is 87.8 Å². The predicted molar refractivity (Wildman–Crippen MR) is 101 cm³/mol. The summed E-state index contributed by atoms with van der Waals surface area (Å²) in [5, 5.41) is 1.74. The van der Waals surface area contributed by atoms with Crippen LogP contribution in [0.15, 0.2) is 26.7 Å². The average molecular weight is 458 g/mol. The van der Waals surface area contributed by atoms with E-state index in [4.69, 9.17) is 5.73 Å². The minimum Gasteiger partial charge on any atom is -0.370 e. The summed E-state index contributed by atoms with van der Waals surface area (Å²) in [4.78, 5) is 6.33. The Hall–Kier alpha value is -0.390. The normalized spacial score (nSPS) is 19.8. The zero-order valence-electron chi connectivity index (χ0n) is 12.6. The van der Waals surface area contributed by atoms with E-state index in [-0.39, 0.29) is 30.5 Å². The number of nitrogens with zero attached hydrogens (tertiary/aromatic N) is 2. The molecule has 1 fully saturated rings. The molecule has 0 spiro atoms. The molecule has 1 saturated heterocycles. The Labute approximate surface area is 153 Å². The van der Waals surface area contributed by atoms with E-state index in [0.29, 0.717) is 22.6 Å². The molecule has 2 heterocycles. The number of nitrogens with two attached hydrogens (primary N) is 1. The monoisotopic (exact) mass is 458 g/mol. The molecule has 0 aliphatic carbocycles. The summed E-state index contributed by atoms with van der Waals surface area (Å²) in [6.45, 7) is 4.66. The van der Waals surface area contributed by atoms with Gasteiger partial charge in [0.1, 0.15) is 4.21 Å². The quantitative estimate of drug-likeness (QED) is 0.304. The van der Waals surface area contributed by atoms with Crippen LogP contribution < -0.4 is 10.5 Å². The maximum absolute atomic E-state index is 11.9. The van der Waals surface area contributed by atoms with E-state index in [1.807, 2.05) is 0 Å². The second-order valence-electron chi connectivity index (χ2n) is 5.26. The molecule has 1 atom stereocenters. The first kappa shape index (κ1) is 19.7. The summed E-state index contributed by atoms with van der Waals surface area (Å²) >= 11 is 1.20. The summed E-state index contributed by atoms with van der Waals surface area (Å²) in [6.07, 6.45) is 2.35. The van der Waals surface area contributed by atoms with Crippen LogP contribution in [0.4, 0.5) is 0 Å².